The molecule has 4 heterocycles. The van der Waals surface area contributed by atoms with Gasteiger partial charge in [0.25, 0.3) is 0 Å². The van der Waals surface area contributed by atoms with E-state index < -0.39 is 6.10 Å². The van der Waals surface area contributed by atoms with Gasteiger partial charge in [0.2, 0.25) is 0 Å². The van der Waals surface area contributed by atoms with Gasteiger partial charge in [-0.05, 0) is 50.1 Å². The topological polar surface area (TPSA) is 92.4 Å². The van der Waals surface area contributed by atoms with Gasteiger partial charge in [-0.1, -0.05) is 0 Å². The minimum absolute atomic E-state index is 0.117. The first-order valence-electron chi connectivity index (χ1n) is 11.5. The van der Waals surface area contributed by atoms with Crippen molar-refractivity contribution in [2.75, 3.05) is 49.2 Å². The fraction of sp³-hybridized carbons (Fsp3) is 0.565. The number of benzene rings is 1. The summed E-state index contributed by atoms with van der Waals surface area (Å²) in [5, 5.41) is 29.2. The average molecular weight is 438 g/mol. The zero-order valence-electron chi connectivity index (χ0n) is 18.8. The van der Waals surface area contributed by atoms with E-state index in [4.69, 9.17) is 4.74 Å². The van der Waals surface area contributed by atoms with Crippen molar-refractivity contribution in [2.45, 2.75) is 38.8 Å². The summed E-state index contributed by atoms with van der Waals surface area (Å²) in [6, 6.07) is 6.61. The molecule has 0 amide bonds. The molecule has 0 aliphatic carbocycles. The highest BCUT2D eigenvalue weighted by atomic mass is 16.5. The SMILES string of the molecule is CC(C)n1cc(C(O)C2CCCN(c3nnnc4cc(N5CCOCC5)ccc34)C2)cn1. The van der Waals surface area contributed by atoms with Crippen molar-refractivity contribution in [2.24, 2.45) is 5.92 Å². The number of aromatic nitrogens is 5. The fourth-order valence-electron chi connectivity index (χ4n) is 4.73. The highest BCUT2D eigenvalue weighted by Crippen LogP contribution is 2.34. The van der Waals surface area contributed by atoms with Gasteiger partial charge >= 0.3 is 0 Å². The van der Waals surface area contributed by atoms with E-state index in [0.717, 1.165) is 80.2 Å². The van der Waals surface area contributed by atoms with Crippen molar-refractivity contribution in [1.82, 2.24) is 25.2 Å². The summed E-state index contributed by atoms with van der Waals surface area (Å²) >= 11 is 0. The Bertz CT molecular complexity index is 1060. The third kappa shape index (κ3) is 4.14. The van der Waals surface area contributed by atoms with Gasteiger partial charge in [0.05, 0.1) is 25.5 Å². The Hall–Kier alpha value is -2.78. The fourth-order valence-corrected chi connectivity index (χ4v) is 4.73. The summed E-state index contributed by atoms with van der Waals surface area (Å²) in [7, 11) is 0. The number of nitrogens with zero attached hydrogens (tertiary/aromatic N) is 7. The summed E-state index contributed by atoms with van der Waals surface area (Å²) in [6.07, 6.45) is 5.18. The number of hydrogen-bond donors (Lipinski definition) is 1. The third-order valence-electron chi connectivity index (χ3n) is 6.59. The van der Waals surface area contributed by atoms with E-state index in [1.54, 1.807) is 6.20 Å². The number of ether oxygens (including phenoxy) is 1. The van der Waals surface area contributed by atoms with Crippen LogP contribution in [0, 0.1) is 5.92 Å². The van der Waals surface area contributed by atoms with Crippen LogP contribution in [-0.4, -0.2) is 69.7 Å². The van der Waals surface area contributed by atoms with Crippen LogP contribution < -0.4 is 9.80 Å². The molecule has 0 radical (unpaired) electrons. The minimum Gasteiger partial charge on any atom is -0.388 e. The first-order chi connectivity index (χ1) is 15.6. The third-order valence-corrected chi connectivity index (χ3v) is 6.59. The molecule has 2 aliphatic heterocycles. The molecule has 3 aromatic rings. The van der Waals surface area contributed by atoms with E-state index in [2.05, 4.69) is 62.4 Å². The Morgan fingerprint density at radius 1 is 1.09 bits per heavy atom. The van der Waals surface area contributed by atoms with Gasteiger partial charge in [0.15, 0.2) is 5.82 Å². The van der Waals surface area contributed by atoms with Crippen LogP contribution >= 0.6 is 0 Å². The molecule has 5 rings (SSSR count). The highest BCUT2D eigenvalue weighted by molar-refractivity contribution is 5.91. The number of piperidine rings is 1. The van der Waals surface area contributed by atoms with Crippen LogP contribution in [-0.2, 0) is 4.74 Å². The summed E-state index contributed by atoms with van der Waals surface area (Å²) in [4.78, 5) is 4.56. The summed E-state index contributed by atoms with van der Waals surface area (Å²) in [5.41, 5.74) is 2.87. The van der Waals surface area contributed by atoms with Gasteiger partial charge in [-0.3, -0.25) is 4.68 Å². The van der Waals surface area contributed by atoms with E-state index in [1.807, 2.05) is 10.9 Å². The predicted molar refractivity (Wildman–Crippen MR) is 123 cm³/mol. The molecule has 9 heteroatoms. The van der Waals surface area contributed by atoms with E-state index >= 15 is 0 Å². The van der Waals surface area contributed by atoms with Crippen molar-refractivity contribution >= 4 is 22.4 Å². The summed E-state index contributed by atoms with van der Waals surface area (Å²) < 4.78 is 7.37. The normalized spacial score (nSPS) is 20.8. The van der Waals surface area contributed by atoms with Crippen molar-refractivity contribution < 1.29 is 9.84 Å². The van der Waals surface area contributed by atoms with Gasteiger partial charge in [-0.25, -0.2) is 0 Å². The Balaban J connectivity index is 1.37. The van der Waals surface area contributed by atoms with Crippen LogP contribution in [0.2, 0.25) is 0 Å². The minimum atomic E-state index is -0.542. The molecule has 170 valence electrons. The number of anilines is 2. The molecule has 2 atom stereocenters. The molecule has 32 heavy (non-hydrogen) atoms. The van der Waals surface area contributed by atoms with Gasteiger partial charge in [-0.15, -0.1) is 10.2 Å². The highest BCUT2D eigenvalue weighted by Gasteiger charge is 2.29. The lowest BCUT2D eigenvalue weighted by Crippen LogP contribution is -2.38. The van der Waals surface area contributed by atoms with Crippen molar-refractivity contribution in [1.29, 1.82) is 0 Å². The largest absolute Gasteiger partial charge is 0.388 e. The van der Waals surface area contributed by atoms with Gasteiger partial charge < -0.3 is 19.6 Å². The van der Waals surface area contributed by atoms with Gasteiger partial charge in [0, 0.05) is 61.0 Å². The van der Waals surface area contributed by atoms with E-state index in [0.29, 0.717) is 0 Å². The van der Waals surface area contributed by atoms with Crippen LogP contribution in [0.3, 0.4) is 0 Å². The summed E-state index contributed by atoms with van der Waals surface area (Å²) in [6.45, 7) is 9.07. The molecule has 0 saturated carbocycles. The molecule has 2 aromatic heterocycles. The van der Waals surface area contributed by atoms with Gasteiger partial charge in [-0.2, -0.15) is 5.10 Å². The monoisotopic (exact) mass is 437 g/mol. The van der Waals surface area contributed by atoms with Crippen molar-refractivity contribution in [3.8, 4) is 0 Å². The zero-order chi connectivity index (χ0) is 22.1. The molecule has 2 saturated heterocycles. The smallest absolute Gasteiger partial charge is 0.162 e. The molecule has 2 fully saturated rings. The lowest BCUT2D eigenvalue weighted by Gasteiger charge is -2.35. The molecular weight excluding hydrogens is 406 g/mol. The predicted octanol–water partition coefficient (Wildman–Crippen LogP) is 2.59. The van der Waals surface area contributed by atoms with Crippen molar-refractivity contribution in [3.63, 3.8) is 0 Å². The van der Waals surface area contributed by atoms with Crippen LogP contribution in [0.5, 0.6) is 0 Å². The Kier molecular flexibility index (Phi) is 5.93. The van der Waals surface area contributed by atoms with E-state index in [9.17, 15) is 5.11 Å². The molecule has 1 N–H and O–H groups in total. The van der Waals surface area contributed by atoms with Crippen LogP contribution in [0.4, 0.5) is 11.5 Å². The number of fused-ring (bicyclic) bond motifs is 1. The second-order valence-corrected chi connectivity index (χ2v) is 9.05. The number of aliphatic hydroxyl groups excluding tert-OH is 1. The first-order valence-corrected chi connectivity index (χ1v) is 11.5. The van der Waals surface area contributed by atoms with E-state index in [-0.39, 0.29) is 12.0 Å². The number of morpholine rings is 1. The molecular formula is C23H31N7O2. The number of rotatable bonds is 5. The Labute approximate surface area is 188 Å². The van der Waals surface area contributed by atoms with Crippen LogP contribution in [0.25, 0.3) is 10.9 Å². The molecule has 9 nitrogen and oxygen atoms in total. The summed E-state index contributed by atoms with van der Waals surface area (Å²) in [5.74, 6) is 0.963. The average Bonchev–Trinajstić information content (AvgIpc) is 3.34. The lowest BCUT2D eigenvalue weighted by atomic mass is 9.89. The number of aliphatic hydroxyl groups is 1. The quantitative estimate of drug-likeness (QED) is 0.651. The number of hydrogen-bond acceptors (Lipinski definition) is 8. The first kappa shape index (κ1) is 21.1. The molecule has 2 unspecified atom stereocenters. The second kappa shape index (κ2) is 8.99. The van der Waals surface area contributed by atoms with Crippen molar-refractivity contribution in [3.05, 3.63) is 36.2 Å². The molecule has 2 aliphatic rings. The Morgan fingerprint density at radius 2 is 1.94 bits per heavy atom. The zero-order valence-corrected chi connectivity index (χ0v) is 18.8. The molecule has 1 aromatic carbocycles. The standard InChI is InChI=1S/C23H31N7O2/c1-16(2)30-15-18(13-24-30)22(31)17-4-3-7-29(14-17)23-20-6-5-19(12-21(20)25-27-26-23)28-8-10-32-11-9-28/h5-6,12-13,15-17,22,31H,3-4,7-11,14H2,1-2H3. The van der Waals surface area contributed by atoms with Gasteiger partial charge in [0.1, 0.15) is 5.52 Å². The van der Waals surface area contributed by atoms with E-state index in [1.165, 1.54) is 0 Å². The molecule has 0 spiro atoms. The maximum absolute atomic E-state index is 11.1. The maximum Gasteiger partial charge on any atom is 0.162 e. The molecule has 0 bridgehead atoms. The Morgan fingerprint density at radius 3 is 2.72 bits per heavy atom. The lowest BCUT2D eigenvalue weighted by molar-refractivity contribution is 0.0979. The van der Waals surface area contributed by atoms with Crippen LogP contribution in [0.15, 0.2) is 30.6 Å². The maximum atomic E-state index is 11.1. The van der Waals surface area contributed by atoms with Crippen LogP contribution in [0.1, 0.15) is 44.4 Å². The second-order valence-electron chi connectivity index (χ2n) is 9.05.